The highest BCUT2D eigenvalue weighted by Gasteiger charge is 2.08. The number of aromatic nitrogens is 2. The Kier molecular flexibility index (Phi) is 4.18. The third kappa shape index (κ3) is 3.26. The van der Waals surface area contributed by atoms with E-state index in [4.69, 9.17) is 0 Å². The first-order valence-electron chi connectivity index (χ1n) is 5.84. The van der Waals surface area contributed by atoms with E-state index in [2.05, 4.69) is 32.7 Å². The first-order chi connectivity index (χ1) is 7.04. The van der Waals surface area contributed by atoms with Gasteiger partial charge in [-0.1, -0.05) is 20.8 Å². The molecule has 1 heterocycles. The van der Waals surface area contributed by atoms with Crippen LogP contribution in [-0.2, 0) is 6.42 Å². The van der Waals surface area contributed by atoms with Gasteiger partial charge in [0.1, 0.15) is 0 Å². The minimum absolute atomic E-state index is 0.0307. The van der Waals surface area contributed by atoms with Crippen molar-refractivity contribution in [3.05, 3.63) is 22.4 Å². The van der Waals surface area contributed by atoms with Gasteiger partial charge >= 0.3 is 5.69 Å². The molecule has 1 aromatic rings. The summed E-state index contributed by atoms with van der Waals surface area (Å²) in [6, 6.07) is 0.293. The quantitative estimate of drug-likeness (QED) is 0.797. The number of rotatable bonds is 5. The topological polar surface area (TPSA) is 37.8 Å². The van der Waals surface area contributed by atoms with Crippen molar-refractivity contribution < 1.29 is 0 Å². The average molecular weight is 210 g/mol. The zero-order valence-corrected chi connectivity index (χ0v) is 10.2. The maximum atomic E-state index is 11.6. The Hall–Kier alpha value is -0.990. The molecule has 0 aliphatic carbocycles. The molecule has 1 atom stereocenters. The molecule has 3 heteroatoms. The molecular weight excluding hydrogens is 188 g/mol. The van der Waals surface area contributed by atoms with Crippen LogP contribution in [0.3, 0.4) is 0 Å². The fraction of sp³-hybridized carbons (Fsp3) is 0.750. The van der Waals surface area contributed by atoms with Crippen molar-refractivity contribution in [2.24, 2.45) is 5.92 Å². The molecule has 0 radical (unpaired) electrons. The molecule has 0 aromatic carbocycles. The molecule has 0 fully saturated rings. The van der Waals surface area contributed by atoms with Gasteiger partial charge in [-0.15, -0.1) is 0 Å². The van der Waals surface area contributed by atoms with Crippen LogP contribution in [0, 0.1) is 5.92 Å². The molecule has 0 spiro atoms. The van der Waals surface area contributed by atoms with Crippen molar-refractivity contribution in [1.29, 1.82) is 0 Å². The van der Waals surface area contributed by atoms with Gasteiger partial charge < -0.3 is 4.98 Å². The van der Waals surface area contributed by atoms with Crippen LogP contribution < -0.4 is 5.69 Å². The summed E-state index contributed by atoms with van der Waals surface area (Å²) in [4.78, 5) is 14.5. The molecule has 86 valence electrons. The van der Waals surface area contributed by atoms with Crippen LogP contribution in [0.4, 0.5) is 0 Å². The molecule has 0 aliphatic heterocycles. The minimum Gasteiger partial charge on any atom is -0.310 e. The summed E-state index contributed by atoms with van der Waals surface area (Å²) >= 11 is 0. The molecule has 15 heavy (non-hydrogen) atoms. The van der Waals surface area contributed by atoms with E-state index in [1.807, 2.05) is 6.20 Å². The van der Waals surface area contributed by atoms with Crippen molar-refractivity contribution in [3.63, 3.8) is 0 Å². The van der Waals surface area contributed by atoms with Crippen molar-refractivity contribution in [2.45, 2.75) is 53.0 Å². The highest BCUT2D eigenvalue weighted by Crippen LogP contribution is 2.10. The summed E-state index contributed by atoms with van der Waals surface area (Å²) in [6.07, 6.45) is 5.05. The molecule has 0 saturated heterocycles. The third-order valence-electron chi connectivity index (χ3n) is 2.85. The molecule has 0 aliphatic rings. The second-order valence-corrected chi connectivity index (χ2v) is 4.68. The lowest BCUT2D eigenvalue weighted by Crippen LogP contribution is -2.19. The lowest BCUT2D eigenvalue weighted by atomic mass is 10.1. The van der Waals surface area contributed by atoms with Gasteiger partial charge in [0.25, 0.3) is 0 Å². The first-order valence-corrected chi connectivity index (χ1v) is 5.84. The molecule has 1 aromatic heterocycles. The Morgan fingerprint density at radius 3 is 2.60 bits per heavy atom. The standard InChI is InChI=1S/C12H22N2O/c1-5-10(4)14-8-11(13-12(14)15)7-6-9(2)3/h8-10H,5-7H2,1-4H3,(H,13,15). The van der Waals surface area contributed by atoms with Gasteiger partial charge in [0.2, 0.25) is 0 Å². The second-order valence-electron chi connectivity index (χ2n) is 4.68. The summed E-state index contributed by atoms with van der Waals surface area (Å²) in [7, 11) is 0. The van der Waals surface area contributed by atoms with Crippen LogP contribution in [0.5, 0.6) is 0 Å². The molecule has 0 amide bonds. The predicted octanol–water partition coefficient (Wildman–Crippen LogP) is 2.74. The van der Waals surface area contributed by atoms with Crippen LogP contribution in [-0.4, -0.2) is 9.55 Å². The third-order valence-corrected chi connectivity index (χ3v) is 2.85. The molecule has 0 bridgehead atoms. The van der Waals surface area contributed by atoms with Crippen LogP contribution in [0.15, 0.2) is 11.0 Å². The van der Waals surface area contributed by atoms with Crippen LogP contribution >= 0.6 is 0 Å². The fourth-order valence-corrected chi connectivity index (χ4v) is 1.56. The summed E-state index contributed by atoms with van der Waals surface area (Å²) in [5, 5.41) is 0. The number of aromatic amines is 1. The van der Waals surface area contributed by atoms with Gasteiger partial charge in [0, 0.05) is 17.9 Å². The van der Waals surface area contributed by atoms with E-state index in [0.717, 1.165) is 25.0 Å². The van der Waals surface area contributed by atoms with Gasteiger partial charge in [0.05, 0.1) is 0 Å². The molecule has 1 N–H and O–H groups in total. The monoisotopic (exact) mass is 210 g/mol. The van der Waals surface area contributed by atoms with Crippen molar-refractivity contribution in [2.75, 3.05) is 0 Å². The van der Waals surface area contributed by atoms with Gasteiger partial charge in [-0.25, -0.2) is 4.79 Å². The maximum Gasteiger partial charge on any atom is 0.325 e. The molecule has 1 rings (SSSR count). The number of hydrogen-bond donors (Lipinski definition) is 1. The smallest absolute Gasteiger partial charge is 0.310 e. The van der Waals surface area contributed by atoms with Gasteiger partial charge in [-0.2, -0.15) is 0 Å². The van der Waals surface area contributed by atoms with Gasteiger partial charge in [-0.05, 0) is 32.1 Å². The summed E-state index contributed by atoms with van der Waals surface area (Å²) in [6.45, 7) is 8.56. The first kappa shape index (κ1) is 12.1. The Bertz CT molecular complexity index is 349. The molecule has 1 unspecified atom stereocenters. The highest BCUT2D eigenvalue weighted by atomic mass is 16.1. The van der Waals surface area contributed by atoms with E-state index in [0.29, 0.717) is 12.0 Å². The van der Waals surface area contributed by atoms with E-state index in [9.17, 15) is 4.79 Å². The van der Waals surface area contributed by atoms with Crippen molar-refractivity contribution in [3.8, 4) is 0 Å². The number of H-pyrrole nitrogens is 1. The van der Waals surface area contributed by atoms with E-state index in [-0.39, 0.29) is 5.69 Å². The van der Waals surface area contributed by atoms with E-state index >= 15 is 0 Å². The molecular formula is C12H22N2O. The predicted molar refractivity (Wildman–Crippen MR) is 63.2 cm³/mol. The number of nitrogens with one attached hydrogen (secondary N) is 1. The molecule has 0 saturated carbocycles. The Morgan fingerprint density at radius 1 is 1.40 bits per heavy atom. The summed E-state index contributed by atoms with van der Waals surface area (Å²) < 4.78 is 1.80. The maximum absolute atomic E-state index is 11.6. The van der Waals surface area contributed by atoms with Gasteiger partial charge in [0.15, 0.2) is 0 Å². The fourth-order valence-electron chi connectivity index (χ4n) is 1.56. The van der Waals surface area contributed by atoms with Crippen LogP contribution in [0.25, 0.3) is 0 Å². The summed E-state index contributed by atoms with van der Waals surface area (Å²) in [5.41, 5.74) is 1.09. The van der Waals surface area contributed by atoms with Crippen molar-refractivity contribution in [1.82, 2.24) is 9.55 Å². The second kappa shape index (κ2) is 5.19. The lowest BCUT2D eigenvalue weighted by molar-refractivity contribution is 0.515. The number of aryl methyl sites for hydroxylation is 1. The van der Waals surface area contributed by atoms with E-state index in [1.165, 1.54) is 0 Å². The average Bonchev–Trinajstić information content (AvgIpc) is 2.55. The van der Waals surface area contributed by atoms with E-state index < -0.39 is 0 Å². The minimum atomic E-state index is 0.0307. The molecule has 3 nitrogen and oxygen atoms in total. The number of nitrogens with zero attached hydrogens (tertiary/aromatic N) is 1. The van der Waals surface area contributed by atoms with Crippen molar-refractivity contribution >= 4 is 0 Å². The lowest BCUT2D eigenvalue weighted by Gasteiger charge is -2.07. The zero-order chi connectivity index (χ0) is 11.4. The number of imidazole rings is 1. The largest absolute Gasteiger partial charge is 0.325 e. The van der Waals surface area contributed by atoms with Crippen LogP contribution in [0.2, 0.25) is 0 Å². The Labute approximate surface area is 91.5 Å². The number of hydrogen-bond acceptors (Lipinski definition) is 1. The SMILES string of the molecule is CCC(C)n1cc(CCC(C)C)[nH]c1=O. The normalized spacial score (nSPS) is 13.4. The summed E-state index contributed by atoms with van der Waals surface area (Å²) in [5.74, 6) is 0.681. The Balaban J connectivity index is 2.73. The van der Waals surface area contributed by atoms with Crippen LogP contribution in [0.1, 0.15) is 52.3 Å². The Morgan fingerprint density at radius 2 is 2.07 bits per heavy atom. The zero-order valence-electron chi connectivity index (χ0n) is 10.2. The van der Waals surface area contributed by atoms with E-state index in [1.54, 1.807) is 4.57 Å². The highest BCUT2D eigenvalue weighted by molar-refractivity contribution is 4.98. The van der Waals surface area contributed by atoms with Gasteiger partial charge in [-0.3, -0.25) is 4.57 Å².